The van der Waals surface area contributed by atoms with Crippen molar-refractivity contribution in [2.24, 2.45) is 0 Å². The minimum absolute atomic E-state index is 0.172. The highest BCUT2D eigenvalue weighted by molar-refractivity contribution is 6.30. The highest BCUT2D eigenvalue weighted by Crippen LogP contribution is 2.41. The molecule has 8 heteroatoms. The molecule has 34 heavy (non-hydrogen) atoms. The normalized spacial score (nSPS) is 14.7. The van der Waals surface area contributed by atoms with Crippen molar-refractivity contribution in [2.75, 3.05) is 24.7 Å². The van der Waals surface area contributed by atoms with Crippen molar-refractivity contribution >= 4 is 40.1 Å². The molecule has 0 fully saturated rings. The fraction of sp³-hybridized carbons (Fsp3) is 0.192. The zero-order valence-corrected chi connectivity index (χ0v) is 18.9. The molecule has 0 amide bonds. The van der Waals surface area contributed by atoms with Crippen LogP contribution in [-0.4, -0.2) is 40.8 Å². The van der Waals surface area contributed by atoms with Crippen LogP contribution in [0.1, 0.15) is 22.3 Å². The predicted octanol–water partition coefficient (Wildman–Crippen LogP) is 5.50. The van der Waals surface area contributed by atoms with E-state index < -0.39 is 5.97 Å². The first-order valence-electron chi connectivity index (χ1n) is 11.1. The third kappa shape index (κ3) is 3.58. The van der Waals surface area contributed by atoms with Gasteiger partial charge >= 0.3 is 5.97 Å². The Bertz CT molecular complexity index is 1460. The monoisotopic (exact) mass is 473 g/mol. The largest absolute Gasteiger partial charge is 0.486 e. The molecular weight excluding hydrogens is 454 g/mol. The van der Waals surface area contributed by atoms with Gasteiger partial charge in [0.05, 0.1) is 16.6 Å². The van der Waals surface area contributed by atoms with Gasteiger partial charge in [-0.1, -0.05) is 11.6 Å². The molecule has 7 nitrogen and oxygen atoms in total. The number of benzene rings is 3. The second-order valence-corrected chi connectivity index (χ2v) is 8.73. The van der Waals surface area contributed by atoms with Crippen LogP contribution in [-0.2, 0) is 6.42 Å². The summed E-state index contributed by atoms with van der Waals surface area (Å²) in [6, 6.07) is 16.4. The number of nitrogens with zero attached hydrogens (tertiary/aromatic N) is 3. The van der Waals surface area contributed by atoms with Gasteiger partial charge in [0.1, 0.15) is 18.9 Å². The second-order valence-electron chi connectivity index (χ2n) is 8.29. The molecular formula is C26H20ClN3O4. The van der Waals surface area contributed by atoms with Gasteiger partial charge in [-0.15, -0.1) is 0 Å². The number of anilines is 2. The van der Waals surface area contributed by atoms with Crippen molar-refractivity contribution in [3.63, 3.8) is 0 Å². The van der Waals surface area contributed by atoms with E-state index in [1.807, 2.05) is 36.4 Å². The standard InChI is InChI=1S/C26H20ClN3O4/c27-18-5-7-21-15(12-18)2-1-9-30(21)25-24(16-4-8-22-23(14-16)34-11-10-33-22)28-19-6-3-17(26(31)32)13-20(19)29-25/h3-8,12-14H,1-2,9-11H2,(H,31,32). The number of rotatable bonds is 3. The Balaban J connectivity index is 1.58. The van der Waals surface area contributed by atoms with Crippen LogP contribution in [0.4, 0.5) is 11.5 Å². The maximum absolute atomic E-state index is 11.6. The molecule has 0 bridgehead atoms. The first-order valence-corrected chi connectivity index (χ1v) is 11.5. The molecule has 0 atom stereocenters. The molecule has 2 aliphatic heterocycles. The Labute approximate surface area is 200 Å². The fourth-order valence-corrected chi connectivity index (χ4v) is 4.73. The number of carboxylic acid groups (broad SMARTS) is 1. The van der Waals surface area contributed by atoms with Gasteiger partial charge in [-0.05, 0) is 73.0 Å². The first kappa shape index (κ1) is 20.7. The van der Waals surface area contributed by atoms with E-state index in [0.717, 1.165) is 36.2 Å². The predicted molar refractivity (Wildman–Crippen MR) is 130 cm³/mol. The lowest BCUT2D eigenvalue weighted by atomic mass is 10.0. The van der Waals surface area contributed by atoms with Gasteiger partial charge in [0, 0.05) is 22.8 Å². The summed E-state index contributed by atoms with van der Waals surface area (Å²) in [4.78, 5) is 23.6. The van der Waals surface area contributed by atoms with Crippen molar-refractivity contribution in [3.05, 3.63) is 70.7 Å². The molecule has 2 aliphatic rings. The summed E-state index contributed by atoms with van der Waals surface area (Å²) < 4.78 is 11.5. The molecule has 170 valence electrons. The topological polar surface area (TPSA) is 84.8 Å². The molecule has 6 rings (SSSR count). The number of aromatic carboxylic acids is 1. The minimum Gasteiger partial charge on any atom is -0.486 e. The SMILES string of the molecule is O=C(O)c1ccc2nc(-c3ccc4c(c3)OCCO4)c(N3CCCc4cc(Cl)ccc43)nc2c1. The average molecular weight is 474 g/mol. The van der Waals surface area contributed by atoms with Crippen LogP contribution < -0.4 is 14.4 Å². The summed E-state index contributed by atoms with van der Waals surface area (Å²) >= 11 is 6.26. The summed E-state index contributed by atoms with van der Waals surface area (Å²) in [5.41, 5.74) is 5.02. The van der Waals surface area contributed by atoms with Gasteiger partial charge in [0.2, 0.25) is 0 Å². The lowest BCUT2D eigenvalue weighted by Crippen LogP contribution is -2.26. The van der Waals surface area contributed by atoms with E-state index in [1.54, 1.807) is 18.2 Å². The summed E-state index contributed by atoms with van der Waals surface area (Å²) in [6.07, 6.45) is 1.86. The lowest BCUT2D eigenvalue weighted by molar-refractivity contribution is 0.0697. The summed E-state index contributed by atoms with van der Waals surface area (Å²) in [6.45, 7) is 1.77. The summed E-state index contributed by atoms with van der Waals surface area (Å²) in [7, 11) is 0. The number of hydrogen-bond donors (Lipinski definition) is 1. The molecule has 4 aromatic rings. The third-order valence-corrected chi connectivity index (χ3v) is 6.36. The van der Waals surface area contributed by atoms with E-state index in [4.69, 9.17) is 31.0 Å². The number of hydrogen-bond acceptors (Lipinski definition) is 6. The van der Waals surface area contributed by atoms with Crippen LogP contribution in [0, 0.1) is 0 Å². The molecule has 0 spiro atoms. The fourth-order valence-electron chi connectivity index (χ4n) is 4.54. The van der Waals surface area contributed by atoms with Crippen LogP contribution in [0.5, 0.6) is 11.5 Å². The van der Waals surface area contributed by atoms with E-state index in [1.165, 1.54) is 0 Å². The Morgan fingerprint density at radius 2 is 1.79 bits per heavy atom. The van der Waals surface area contributed by atoms with Gasteiger partial charge in [0.25, 0.3) is 0 Å². The van der Waals surface area contributed by atoms with E-state index in [2.05, 4.69) is 4.90 Å². The molecule has 3 aromatic carbocycles. The minimum atomic E-state index is -1.00. The number of ether oxygens (including phenoxy) is 2. The van der Waals surface area contributed by atoms with Gasteiger partial charge in [-0.2, -0.15) is 0 Å². The van der Waals surface area contributed by atoms with E-state index in [-0.39, 0.29) is 5.56 Å². The molecule has 0 saturated heterocycles. The van der Waals surface area contributed by atoms with E-state index >= 15 is 0 Å². The maximum atomic E-state index is 11.6. The number of halogens is 1. The van der Waals surface area contributed by atoms with Crippen molar-refractivity contribution in [1.29, 1.82) is 0 Å². The Hall–Kier alpha value is -3.84. The number of aryl methyl sites for hydroxylation is 1. The lowest BCUT2D eigenvalue weighted by Gasteiger charge is -2.32. The van der Waals surface area contributed by atoms with Crippen molar-refractivity contribution in [2.45, 2.75) is 12.8 Å². The molecule has 0 aliphatic carbocycles. The highest BCUT2D eigenvalue weighted by atomic mass is 35.5. The van der Waals surface area contributed by atoms with E-state index in [0.29, 0.717) is 52.3 Å². The van der Waals surface area contributed by atoms with E-state index in [9.17, 15) is 9.90 Å². The van der Waals surface area contributed by atoms with Crippen molar-refractivity contribution in [1.82, 2.24) is 9.97 Å². The Morgan fingerprint density at radius 3 is 2.65 bits per heavy atom. The molecule has 0 unspecified atom stereocenters. The number of carboxylic acids is 1. The van der Waals surface area contributed by atoms with Crippen LogP contribution in [0.2, 0.25) is 5.02 Å². The molecule has 3 heterocycles. The van der Waals surface area contributed by atoms with Crippen molar-refractivity contribution < 1.29 is 19.4 Å². The van der Waals surface area contributed by atoms with Crippen LogP contribution >= 0.6 is 11.6 Å². The molecule has 1 aromatic heterocycles. The maximum Gasteiger partial charge on any atom is 0.335 e. The van der Waals surface area contributed by atoms with Gasteiger partial charge in [0.15, 0.2) is 17.3 Å². The van der Waals surface area contributed by atoms with Crippen molar-refractivity contribution in [3.8, 4) is 22.8 Å². The van der Waals surface area contributed by atoms with Crippen LogP contribution in [0.15, 0.2) is 54.6 Å². The zero-order chi connectivity index (χ0) is 23.2. The summed E-state index contributed by atoms with van der Waals surface area (Å²) in [5.74, 6) is 1.03. The molecule has 1 N–H and O–H groups in total. The Morgan fingerprint density at radius 1 is 0.941 bits per heavy atom. The molecule has 0 radical (unpaired) electrons. The first-order chi connectivity index (χ1) is 16.6. The number of carbonyl (C=O) groups is 1. The quantitative estimate of drug-likeness (QED) is 0.420. The highest BCUT2D eigenvalue weighted by Gasteiger charge is 2.25. The van der Waals surface area contributed by atoms with Gasteiger partial charge in [-0.3, -0.25) is 0 Å². The Kier molecular flexibility index (Phi) is 4.99. The smallest absolute Gasteiger partial charge is 0.335 e. The second kappa shape index (κ2) is 8.18. The number of fused-ring (bicyclic) bond motifs is 3. The third-order valence-electron chi connectivity index (χ3n) is 6.12. The van der Waals surface area contributed by atoms with Gasteiger partial charge in [-0.25, -0.2) is 14.8 Å². The average Bonchev–Trinajstić information content (AvgIpc) is 2.86. The van der Waals surface area contributed by atoms with Crippen LogP contribution in [0.3, 0.4) is 0 Å². The molecule has 0 saturated carbocycles. The van der Waals surface area contributed by atoms with Gasteiger partial charge < -0.3 is 19.5 Å². The summed E-state index contributed by atoms with van der Waals surface area (Å²) in [5, 5.41) is 10.2. The van der Waals surface area contributed by atoms with Crippen LogP contribution in [0.25, 0.3) is 22.3 Å². The zero-order valence-electron chi connectivity index (χ0n) is 18.1. The number of aromatic nitrogens is 2.